The van der Waals surface area contributed by atoms with Crippen molar-refractivity contribution >= 4 is 5.91 Å². The molecular formula is C15H23N3O2. The summed E-state index contributed by atoms with van der Waals surface area (Å²) in [6.45, 7) is 5.63. The van der Waals surface area contributed by atoms with Crippen LogP contribution < -0.4 is 4.74 Å². The lowest BCUT2D eigenvalue weighted by molar-refractivity contribution is -0.138. The first-order valence-corrected chi connectivity index (χ1v) is 7.47. The molecule has 1 aliphatic heterocycles. The normalized spacial score (nSPS) is 19.1. The molecule has 0 aromatic carbocycles. The number of likely N-dealkylation sites (tertiary alicyclic amines) is 1. The van der Waals surface area contributed by atoms with Crippen molar-refractivity contribution in [1.82, 2.24) is 14.9 Å². The van der Waals surface area contributed by atoms with Crippen LogP contribution in [-0.4, -0.2) is 40.0 Å². The summed E-state index contributed by atoms with van der Waals surface area (Å²) in [6.07, 6.45) is 7.06. The summed E-state index contributed by atoms with van der Waals surface area (Å²) in [7, 11) is 0. The van der Waals surface area contributed by atoms with Crippen LogP contribution in [0.5, 0.6) is 6.01 Å². The Labute approximate surface area is 120 Å². The van der Waals surface area contributed by atoms with E-state index in [2.05, 4.69) is 23.8 Å². The number of ether oxygens (including phenoxy) is 1. The second kappa shape index (κ2) is 7.22. The van der Waals surface area contributed by atoms with Crippen LogP contribution in [0.2, 0.25) is 0 Å². The van der Waals surface area contributed by atoms with E-state index in [1.807, 2.05) is 4.90 Å². The van der Waals surface area contributed by atoms with E-state index in [-0.39, 0.29) is 17.9 Å². The molecule has 0 bridgehead atoms. The summed E-state index contributed by atoms with van der Waals surface area (Å²) in [6, 6.07) is 2.16. The highest BCUT2D eigenvalue weighted by molar-refractivity contribution is 5.78. The maximum absolute atomic E-state index is 12.4. The molecule has 2 heterocycles. The largest absolute Gasteiger partial charge is 0.458 e. The number of piperidine rings is 1. The molecule has 5 heteroatoms. The number of nitrogens with zero attached hydrogens (tertiary/aromatic N) is 3. The van der Waals surface area contributed by atoms with Gasteiger partial charge in [0.05, 0.1) is 6.54 Å². The van der Waals surface area contributed by atoms with E-state index < -0.39 is 0 Å². The quantitative estimate of drug-likeness (QED) is 0.828. The molecule has 0 N–H and O–H groups in total. The van der Waals surface area contributed by atoms with Crippen LogP contribution in [0.25, 0.3) is 0 Å². The maximum Gasteiger partial charge on any atom is 0.316 e. The van der Waals surface area contributed by atoms with Crippen molar-refractivity contribution in [3.05, 3.63) is 18.5 Å². The van der Waals surface area contributed by atoms with Gasteiger partial charge in [0, 0.05) is 24.9 Å². The van der Waals surface area contributed by atoms with Gasteiger partial charge in [-0.15, -0.1) is 0 Å². The van der Waals surface area contributed by atoms with Crippen LogP contribution in [0, 0.1) is 5.92 Å². The second-order valence-corrected chi connectivity index (χ2v) is 5.21. The van der Waals surface area contributed by atoms with Crippen LogP contribution in [-0.2, 0) is 4.79 Å². The lowest BCUT2D eigenvalue weighted by Crippen LogP contribution is -2.46. The summed E-state index contributed by atoms with van der Waals surface area (Å²) in [5.41, 5.74) is 0. The third-order valence-electron chi connectivity index (χ3n) is 3.84. The first-order chi connectivity index (χ1) is 9.74. The molecule has 1 aromatic heterocycles. The molecule has 1 saturated heterocycles. The zero-order valence-electron chi connectivity index (χ0n) is 12.3. The lowest BCUT2D eigenvalue weighted by atomic mass is 9.99. The van der Waals surface area contributed by atoms with Crippen molar-refractivity contribution in [1.29, 1.82) is 0 Å². The standard InChI is InChI=1S/C15H23N3O2/c1-3-12(4-2)14(19)18-10-5-7-13(11-18)20-15-16-8-6-9-17-15/h6,8-9,12-13H,3-5,7,10-11H2,1-2H3. The van der Waals surface area contributed by atoms with Gasteiger partial charge in [0.25, 0.3) is 0 Å². The molecule has 1 aliphatic rings. The van der Waals surface area contributed by atoms with Gasteiger partial charge < -0.3 is 9.64 Å². The fourth-order valence-electron chi connectivity index (χ4n) is 2.63. The van der Waals surface area contributed by atoms with Crippen LogP contribution in [0.4, 0.5) is 0 Å². The van der Waals surface area contributed by atoms with Gasteiger partial charge in [-0.05, 0) is 31.7 Å². The predicted octanol–water partition coefficient (Wildman–Crippen LogP) is 2.28. The maximum atomic E-state index is 12.4. The Morgan fingerprint density at radius 1 is 1.40 bits per heavy atom. The highest BCUT2D eigenvalue weighted by Gasteiger charge is 2.28. The van der Waals surface area contributed by atoms with Gasteiger partial charge in [-0.1, -0.05) is 13.8 Å². The van der Waals surface area contributed by atoms with Crippen molar-refractivity contribution in [2.45, 2.75) is 45.6 Å². The SMILES string of the molecule is CCC(CC)C(=O)N1CCCC(Oc2ncccn2)C1. The van der Waals surface area contributed by atoms with Crippen molar-refractivity contribution in [3.8, 4) is 6.01 Å². The van der Waals surface area contributed by atoms with Gasteiger partial charge in [-0.25, -0.2) is 9.97 Å². The van der Waals surface area contributed by atoms with Gasteiger partial charge in [-0.3, -0.25) is 4.79 Å². The summed E-state index contributed by atoms with van der Waals surface area (Å²) >= 11 is 0. The van der Waals surface area contributed by atoms with E-state index in [4.69, 9.17) is 4.74 Å². The third kappa shape index (κ3) is 3.68. The van der Waals surface area contributed by atoms with E-state index in [9.17, 15) is 4.79 Å². The fraction of sp³-hybridized carbons (Fsp3) is 0.667. The number of amides is 1. The minimum atomic E-state index is 0.00413. The Bertz CT molecular complexity index is 420. The second-order valence-electron chi connectivity index (χ2n) is 5.21. The van der Waals surface area contributed by atoms with Crippen molar-refractivity contribution in [2.24, 2.45) is 5.92 Å². The Morgan fingerprint density at radius 3 is 2.75 bits per heavy atom. The van der Waals surface area contributed by atoms with Gasteiger partial charge in [0.1, 0.15) is 6.10 Å². The van der Waals surface area contributed by atoms with Crippen LogP contribution in [0.1, 0.15) is 39.5 Å². The minimum Gasteiger partial charge on any atom is -0.458 e. The Balaban J connectivity index is 1.93. The Hall–Kier alpha value is -1.65. The molecule has 2 rings (SSSR count). The highest BCUT2D eigenvalue weighted by atomic mass is 16.5. The number of hydrogen-bond donors (Lipinski definition) is 0. The van der Waals surface area contributed by atoms with Crippen LogP contribution >= 0.6 is 0 Å². The molecule has 5 nitrogen and oxygen atoms in total. The van der Waals surface area contributed by atoms with Crippen molar-refractivity contribution < 1.29 is 9.53 Å². The monoisotopic (exact) mass is 277 g/mol. The van der Waals surface area contributed by atoms with Gasteiger partial charge in [-0.2, -0.15) is 0 Å². The molecule has 0 saturated carbocycles. The van der Waals surface area contributed by atoms with Crippen molar-refractivity contribution in [3.63, 3.8) is 0 Å². The Kier molecular flexibility index (Phi) is 5.32. The smallest absolute Gasteiger partial charge is 0.316 e. The zero-order chi connectivity index (χ0) is 14.4. The molecule has 0 spiro atoms. The third-order valence-corrected chi connectivity index (χ3v) is 3.84. The van der Waals surface area contributed by atoms with E-state index in [1.54, 1.807) is 18.5 Å². The molecule has 1 atom stereocenters. The molecule has 110 valence electrons. The minimum absolute atomic E-state index is 0.00413. The molecular weight excluding hydrogens is 254 g/mol. The average Bonchev–Trinajstić information content (AvgIpc) is 2.49. The Morgan fingerprint density at radius 2 is 2.10 bits per heavy atom. The molecule has 20 heavy (non-hydrogen) atoms. The van der Waals surface area contributed by atoms with Crippen molar-refractivity contribution in [2.75, 3.05) is 13.1 Å². The highest BCUT2D eigenvalue weighted by Crippen LogP contribution is 2.19. The van der Waals surface area contributed by atoms with Gasteiger partial charge >= 0.3 is 6.01 Å². The lowest BCUT2D eigenvalue weighted by Gasteiger charge is -2.34. The molecule has 1 fully saturated rings. The first kappa shape index (κ1) is 14.8. The molecule has 1 amide bonds. The van der Waals surface area contributed by atoms with E-state index in [1.165, 1.54) is 0 Å². The predicted molar refractivity (Wildman–Crippen MR) is 76.3 cm³/mol. The summed E-state index contributed by atoms with van der Waals surface area (Å²) in [4.78, 5) is 22.5. The number of carbonyl (C=O) groups excluding carboxylic acids is 1. The summed E-state index contributed by atoms with van der Waals surface area (Å²) in [5.74, 6) is 0.402. The van der Waals surface area contributed by atoms with E-state index in [0.29, 0.717) is 12.6 Å². The zero-order valence-corrected chi connectivity index (χ0v) is 12.3. The molecule has 1 aromatic rings. The summed E-state index contributed by atoms with van der Waals surface area (Å²) < 4.78 is 5.77. The molecule has 1 unspecified atom stereocenters. The fourth-order valence-corrected chi connectivity index (χ4v) is 2.63. The van der Waals surface area contributed by atoms with Gasteiger partial charge in [0.15, 0.2) is 0 Å². The number of hydrogen-bond acceptors (Lipinski definition) is 4. The molecule has 0 aliphatic carbocycles. The number of carbonyl (C=O) groups is 1. The topological polar surface area (TPSA) is 55.3 Å². The molecule has 0 radical (unpaired) electrons. The van der Waals surface area contributed by atoms with Crippen LogP contribution in [0.15, 0.2) is 18.5 Å². The first-order valence-electron chi connectivity index (χ1n) is 7.47. The van der Waals surface area contributed by atoms with E-state index >= 15 is 0 Å². The number of aromatic nitrogens is 2. The summed E-state index contributed by atoms with van der Waals surface area (Å²) in [5, 5.41) is 0. The van der Waals surface area contributed by atoms with E-state index in [0.717, 1.165) is 32.2 Å². The number of rotatable bonds is 5. The average molecular weight is 277 g/mol. The van der Waals surface area contributed by atoms with Gasteiger partial charge in [0.2, 0.25) is 5.91 Å². The van der Waals surface area contributed by atoms with Crippen LogP contribution in [0.3, 0.4) is 0 Å².